The van der Waals surface area contributed by atoms with Crippen LogP contribution in [0.15, 0.2) is 0 Å². The SMILES string of the molecule is CC(C)CNC(=O)CC(=O)NCCCNC(C)C. The molecule has 5 heteroatoms. The summed E-state index contributed by atoms with van der Waals surface area (Å²) in [7, 11) is 0. The highest BCUT2D eigenvalue weighted by molar-refractivity contribution is 5.96. The molecule has 0 fully saturated rings. The molecule has 5 nitrogen and oxygen atoms in total. The van der Waals surface area contributed by atoms with E-state index in [-0.39, 0.29) is 18.2 Å². The zero-order valence-electron chi connectivity index (χ0n) is 12.0. The molecule has 0 bridgehead atoms. The topological polar surface area (TPSA) is 70.2 Å². The summed E-state index contributed by atoms with van der Waals surface area (Å²) in [5.41, 5.74) is 0. The lowest BCUT2D eigenvalue weighted by Gasteiger charge is -2.09. The fourth-order valence-corrected chi connectivity index (χ4v) is 1.30. The predicted octanol–water partition coefficient (Wildman–Crippen LogP) is 0.653. The van der Waals surface area contributed by atoms with Crippen molar-refractivity contribution < 1.29 is 9.59 Å². The Labute approximate surface area is 110 Å². The molecular weight excluding hydrogens is 230 g/mol. The molecule has 0 aromatic rings. The van der Waals surface area contributed by atoms with Crippen molar-refractivity contribution in [1.29, 1.82) is 0 Å². The van der Waals surface area contributed by atoms with E-state index in [1.807, 2.05) is 13.8 Å². The third kappa shape index (κ3) is 11.4. The Balaban J connectivity index is 3.50. The van der Waals surface area contributed by atoms with E-state index < -0.39 is 0 Å². The quantitative estimate of drug-likeness (QED) is 0.420. The van der Waals surface area contributed by atoms with Gasteiger partial charge in [0.15, 0.2) is 0 Å². The Kier molecular flexibility index (Phi) is 9.28. The van der Waals surface area contributed by atoms with Crippen molar-refractivity contribution in [3.05, 3.63) is 0 Å². The predicted molar refractivity (Wildman–Crippen MR) is 73.2 cm³/mol. The molecule has 0 aliphatic carbocycles. The summed E-state index contributed by atoms with van der Waals surface area (Å²) >= 11 is 0. The Hall–Kier alpha value is -1.10. The van der Waals surface area contributed by atoms with Crippen LogP contribution in [0.1, 0.15) is 40.5 Å². The smallest absolute Gasteiger partial charge is 0.229 e. The van der Waals surface area contributed by atoms with Crippen molar-refractivity contribution >= 4 is 11.8 Å². The van der Waals surface area contributed by atoms with Crippen LogP contribution in [0.2, 0.25) is 0 Å². The van der Waals surface area contributed by atoms with Gasteiger partial charge < -0.3 is 16.0 Å². The number of rotatable bonds is 9. The normalized spacial score (nSPS) is 10.8. The van der Waals surface area contributed by atoms with Crippen molar-refractivity contribution in [1.82, 2.24) is 16.0 Å². The third-order valence-electron chi connectivity index (χ3n) is 2.26. The lowest BCUT2D eigenvalue weighted by Crippen LogP contribution is -2.35. The van der Waals surface area contributed by atoms with Crippen molar-refractivity contribution in [2.75, 3.05) is 19.6 Å². The lowest BCUT2D eigenvalue weighted by atomic mass is 10.2. The van der Waals surface area contributed by atoms with Crippen LogP contribution in [0.5, 0.6) is 0 Å². The van der Waals surface area contributed by atoms with Crippen LogP contribution < -0.4 is 16.0 Å². The van der Waals surface area contributed by atoms with Gasteiger partial charge in [-0.1, -0.05) is 27.7 Å². The van der Waals surface area contributed by atoms with Gasteiger partial charge in [0.2, 0.25) is 11.8 Å². The van der Waals surface area contributed by atoms with Gasteiger partial charge in [0.1, 0.15) is 6.42 Å². The minimum Gasteiger partial charge on any atom is -0.356 e. The first-order valence-corrected chi connectivity index (χ1v) is 6.68. The van der Waals surface area contributed by atoms with E-state index in [2.05, 4.69) is 29.8 Å². The Morgan fingerprint density at radius 2 is 1.56 bits per heavy atom. The highest BCUT2D eigenvalue weighted by Crippen LogP contribution is 1.89. The van der Waals surface area contributed by atoms with Crippen molar-refractivity contribution in [3.63, 3.8) is 0 Å². The molecule has 0 atom stereocenters. The highest BCUT2D eigenvalue weighted by Gasteiger charge is 2.08. The molecule has 0 aliphatic heterocycles. The van der Waals surface area contributed by atoms with Gasteiger partial charge in [-0.3, -0.25) is 9.59 Å². The first-order chi connectivity index (χ1) is 8.41. The largest absolute Gasteiger partial charge is 0.356 e. The maximum atomic E-state index is 11.4. The molecule has 106 valence electrons. The van der Waals surface area contributed by atoms with Gasteiger partial charge in [0, 0.05) is 19.1 Å². The summed E-state index contributed by atoms with van der Waals surface area (Å²) in [6.07, 6.45) is 0.794. The molecule has 0 aromatic heterocycles. The molecule has 0 radical (unpaired) electrons. The maximum Gasteiger partial charge on any atom is 0.229 e. The van der Waals surface area contributed by atoms with Gasteiger partial charge in [-0.15, -0.1) is 0 Å². The minimum atomic E-state index is -0.208. The number of amides is 2. The Morgan fingerprint density at radius 1 is 0.944 bits per heavy atom. The third-order valence-corrected chi connectivity index (χ3v) is 2.26. The molecule has 0 heterocycles. The Morgan fingerprint density at radius 3 is 2.11 bits per heavy atom. The zero-order chi connectivity index (χ0) is 14.0. The molecule has 0 aromatic carbocycles. The molecule has 3 N–H and O–H groups in total. The van der Waals surface area contributed by atoms with E-state index in [1.54, 1.807) is 0 Å². The van der Waals surface area contributed by atoms with Gasteiger partial charge in [-0.25, -0.2) is 0 Å². The lowest BCUT2D eigenvalue weighted by molar-refractivity contribution is -0.129. The average Bonchev–Trinajstić information content (AvgIpc) is 2.25. The molecule has 0 spiro atoms. The van der Waals surface area contributed by atoms with Crippen LogP contribution in [0.4, 0.5) is 0 Å². The molecule has 0 rings (SSSR count). The van der Waals surface area contributed by atoms with E-state index in [9.17, 15) is 9.59 Å². The van der Waals surface area contributed by atoms with E-state index in [0.29, 0.717) is 25.0 Å². The van der Waals surface area contributed by atoms with Crippen molar-refractivity contribution in [2.45, 2.75) is 46.6 Å². The van der Waals surface area contributed by atoms with E-state index >= 15 is 0 Å². The molecule has 18 heavy (non-hydrogen) atoms. The van der Waals surface area contributed by atoms with E-state index in [1.165, 1.54) is 0 Å². The van der Waals surface area contributed by atoms with Crippen LogP contribution in [0.25, 0.3) is 0 Å². The molecule has 0 saturated carbocycles. The summed E-state index contributed by atoms with van der Waals surface area (Å²) in [6, 6.07) is 0.461. The molecule has 0 aliphatic rings. The molecule has 2 amide bonds. The second-order valence-corrected chi connectivity index (χ2v) is 5.19. The van der Waals surface area contributed by atoms with Crippen molar-refractivity contribution in [3.8, 4) is 0 Å². The maximum absolute atomic E-state index is 11.4. The second-order valence-electron chi connectivity index (χ2n) is 5.19. The van der Waals surface area contributed by atoms with Crippen LogP contribution in [-0.4, -0.2) is 37.5 Å². The number of carbonyl (C=O) groups excluding carboxylic acids is 2. The summed E-state index contributed by atoms with van der Waals surface area (Å²) < 4.78 is 0. The first-order valence-electron chi connectivity index (χ1n) is 6.68. The van der Waals surface area contributed by atoms with Gasteiger partial charge in [-0.2, -0.15) is 0 Å². The van der Waals surface area contributed by atoms with Crippen LogP contribution in [-0.2, 0) is 9.59 Å². The van der Waals surface area contributed by atoms with Crippen LogP contribution in [0, 0.1) is 5.92 Å². The highest BCUT2D eigenvalue weighted by atomic mass is 16.2. The molecule has 0 unspecified atom stereocenters. The first kappa shape index (κ1) is 16.9. The number of carbonyl (C=O) groups is 2. The van der Waals surface area contributed by atoms with Crippen molar-refractivity contribution in [2.24, 2.45) is 5.92 Å². The number of hydrogen-bond donors (Lipinski definition) is 3. The monoisotopic (exact) mass is 257 g/mol. The van der Waals surface area contributed by atoms with E-state index in [0.717, 1.165) is 13.0 Å². The van der Waals surface area contributed by atoms with Gasteiger partial charge in [0.25, 0.3) is 0 Å². The van der Waals surface area contributed by atoms with Gasteiger partial charge >= 0.3 is 0 Å². The standard InChI is InChI=1S/C13H27N3O2/c1-10(2)9-16-13(18)8-12(17)15-7-5-6-14-11(3)4/h10-11,14H,5-9H2,1-4H3,(H,15,17)(H,16,18). The van der Waals surface area contributed by atoms with E-state index in [4.69, 9.17) is 0 Å². The van der Waals surface area contributed by atoms with Gasteiger partial charge in [-0.05, 0) is 18.9 Å². The second kappa shape index (κ2) is 9.88. The molecule has 0 saturated heterocycles. The van der Waals surface area contributed by atoms with Crippen LogP contribution >= 0.6 is 0 Å². The average molecular weight is 257 g/mol. The summed E-state index contributed by atoms with van der Waals surface area (Å²) in [5.74, 6) is -0.0126. The summed E-state index contributed by atoms with van der Waals surface area (Å²) in [6.45, 7) is 10.3. The Bertz CT molecular complexity index is 253. The fourth-order valence-electron chi connectivity index (χ4n) is 1.30. The fraction of sp³-hybridized carbons (Fsp3) is 0.846. The van der Waals surface area contributed by atoms with Crippen LogP contribution in [0.3, 0.4) is 0 Å². The van der Waals surface area contributed by atoms with Gasteiger partial charge in [0.05, 0.1) is 0 Å². The minimum absolute atomic E-state index is 0.0790. The summed E-state index contributed by atoms with van der Waals surface area (Å²) in [4.78, 5) is 22.8. The number of hydrogen-bond acceptors (Lipinski definition) is 3. The molecular formula is C13H27N3O2. The number of nitrogens with one attached hydrogen (secondary N) is 3. The summed E-state index contributed by atoms with van der Waals surface area (Å²) in [5, 5.41) is 8.71. The zero-order valence-corrected chi connectivity index (χ0v) is 12.0.